The zero-order valence-corrected chi connectivity index (χ0v) is 26.1. The molecule has 5 nitrogen and oxygen atoms in total. The van der Waals surface area contributed by atoms with Crippen LogP contribution in [-0.4, -0.2) is 14.5 Å². The summed E-state index contributed by atoms with van der Waals surface area (Å²) in [5.41, 5.74) is 10.3. The minimum absolute atomic E-state index is 0.687. The summed E-state index contributed by atoms with van der Waals surface area (Å²) in [5.74, 6) is 2.26. The van der Waals surface area contributed by atoms with Crippen LogP contribution in [0.2, 0.25) is 0 Å². The Kier molecular flexibility index (Phi) is 5.32. The average molecular weight is 628 g/mol. The number of pyridine rings is 2. The maximum Gasteiger partial charge on any atom is 0.139 e. The zero-order valence-electron chi connectivity index (χ0n) is 26.1. The molecule has 1 aliphatic rings. The molecule has 11 rings (SSSR count). The monoisotopic (exact) mass is 627 g/mol. The molecular weight excluding hydrogens is 603 g/mol. The van der Waals surface area contributed by atoms with Gasteiger partial charge in [0.05, 0.1) is 16.7 Å². The smallest absolute Gasteiger partial charge is 0.139 e. The highest BCUT2D eigenvalue weighted by atomic mass is 16.5. The first-order chi connectivity index (χ1) is 24.3. The van der Waals surface area contributed by atoms with Crippen LogP contribution >= 0.6 is 0 Å². The SMILES string of the molecule is c1ccc(-c2ccc3c(c2)c2ccc(Oc4cc5c6c(c4)oc4ccc7cccc(c7c46)-c4cccnc4-5)cc2n3-c2ccccn2)cc1. The summed E-state index contributed by atoms with van der Waals surface area (Å²) in [6.45, 7) is 0. The summed E-state index contributed by atoms with van der Waals surface area (Å²) in [7, 11) is 0. The maximum absolute atomic E-state index is 6.73. The van der Waals surface area contributed by atoms with Gasteiger partial charge in [-0.05, 0) is 76.7 Å². The van der Waals surface area contributed by atoms with Crippen LogP contribution in [-0.2, 0) is 0 Å². The zero-order chi connectivity index (χ0) is 32.1. The van der Waals surface area contributed by atoms with E-state index >= 15 is 0 Å². The predicted molar refractivity (Wildman–Crippen MR) is 198 cm³/mol. The van der Waals surface area contributed by atoms with E-state index in [9.17, 15) is 0 Å². The van der Waals surface area contributed by atoms with E-state index < -0.39 is 0 Å². The lowest BCUT2D eigenvalue weighted by atomic mass is 9.96. The molecule has 0 fully saturated rings. The van der Waals surface area contributed by atoms with Crippen molar-refractivity contribution in [1.82, 2.24) is 14.5 Å². The van der Waals surface area contributed by atoms with Gasteiger partial charge >= 0.3 is 0 Å². The van der Waals surface area contributed by atoms with Crippen molar-refractivity contribution in [3.8, 4) is 50.8 Å². The van der Waals surface area contributed by atoms with E-state index in [1.54, 1.807) is 0 Å². The molecule has 1 aliphatic carbocycles. The fourth-order valence-corrected chi connectivity index (χ4v) is 7.79. The Labute approximate surface area is 280 Å². The lowest BCUT2D eigenvalue weighted by Crippen LogP contribution is -1.96. The van der Waals surface area contributed by atoms with E-state index in [-0.39, 0.29) is 0 Å². The van der Waals surface area contributed by atoms with Crippen molar-refractivity contribution in [3.05, 3.63) is 152 Å². The summed E-state index contributed by atoms with van der Waals surface area (Å²) in [4.78, 5) is 9.67. The maximum atomic E-state index is 6.73. The second-order valence-corrected chi connectivity index (χ2v) is 12.6. The molecule has 0 atom stereocenters. The van der Waals surface area contributed by atoms with Crippen molar-refractivity contribution < 1.29 is 9.15 Å². The van der Waals surface area contributed by atoms with Gasteiger partial charge < -0.3 is 9.15 Å². The number of aromatic nitrogens is 3. The van der Waals surface area contributed by atoms with Gasteiger partial charge in [0.1, 0.15) is 28.5 Å². The average Bonchev–Trinajstić information content (AvgIpc) is 3.66. The van der Waals surface area contributed by atoms with Crippen molar-refractivity contribution >= 4 is 54.5 Å². The summed E-state index contributed by atoms with van der Waals surface area (Å²) < 4.78 is 15.5. The number of rotatable bonds is 4. The van der Waals surface area contributed by atoms with Gasteiger partial charge in [-0.25, -0.2) is 4.98 Å². The second-order valence-electron chi connectivity index (χ2n) is 12.6. The van der Waals surface area contributed by atoms with Crippen molar-refractivity contribution in [1.29, 1.82) is 0 Å². The Hall–Kier alpha value is -6.72. The van der Waals surface area contributed by atoms with Crippen LogP contribution in [0.15, 0.2) is 156 Å². The van der Waals surface area contributed by atoms with Crippen LogP contribution in [0.4, 0.5) is 0 Å². The van der Waals surface area contributed by atoms with Crippen LogP contribution in [0.5, 0.6) is 11.5 Å². The summed E-state index contributed by atoms with van der Waals surface area (Å²) in [6.07, 6.45) is 3.69. The number of hydrogen-bond donors (Lipinski definition) is 0. The fourth-order valence-electron chi connectivity index (χ4n) is 7.79. The van der Waals surface area contributed by atoms with Crippen molar-refractivity contribution in [3.63, 3.8) is 0 Å². The van der Waals surface area contributed by atoms with Crippen LogP contribution in [0.25, 0.3) is 93.8 Å². The van der Waals surface area contributed by atoms with E-state index in [4.69, 9.17) is 19.1 Å². The molecule has 5 heteroatoms. The standard InChI is InChI=1S/C44H25N3O2/c1-2-8-26(9-3-1)28-14-18-36-34(22-28)31-17-16-29(24-37(31)47(36)40-13-4-5-20-45-40)48-30-23-35-42-39(25-30)49-38-19-15-27-10-6-11-32(41(27)43(38)42)33-12-7-21-46-44(33)35/h1-25H. The lowest BCUT2D eigenvalue weighted by Gasteiger charge is -2.12. The molecule has 0 bridgehead atoms. The van der Waals surface area contributed by atoms with Crippen LogP contribution < -0.4 is 4.74 Å². The van der Waals surface area contributed by atoms with E-state index in [0.717, 1.165) is 77.7 Å². The number of ether oxygens (including phenoxy) is 1. The first kappa shape index (κ1) is 26.4. The largest absolute Gasteiger partial charge is 0.457 e. The second kappa shape index (κ2) is 9.89. The Morgan fingerprint density at radius 1 is 0.490 bits per heavy atom. The van der Waals surface area contributed by atoms with Gasteiger partial charge in [-0.1, -0.05) is 72.8 Å². The number of fused-ring (bicyclic) bond motifs is 6. The summed E-state index contributed by atoms with van der Waals surface area (Å²) >= 11 is 0. The van der Waals surface area contributed by atoms with Crippen molar-refractivity contribution in [2.75, 3.05) is 0 Å². The Morgan fingerprint density at radius 3 is 2.31 bits per heavy atom. The number of hydrogen-bond acceptors (Lipinski definition) is 4. The fraction of sp³-hybridized carbons (Fsp3) is 0. The van der Waals surface area contributed by atoms with Crippen LogP contribution in [0.1, 0.15) is 0 Å². The molecule has 0 amide bonds. The van der Waals surface area contributed by atoms with Crippen LogP contribution in [0.3, 0.4) is 0 Å². The minimum Gasteiger partial charge on any atom is -0.457 e. The minimum atomic E-state index is 0.687. The highest BCUT2D eigenvalue weighted by molar-refractivity contribution is 6.28. The molecule has 0 radical (unpaired) electrons. The van der Waals surface area contributed by atoms with Gasteiger partial charge in [0, 0.05) is 62.6 Å². The highest BCUT2D eigenvalue weighted by Crippen LogP contribution is 2.49. The first-order valence-corrected chi connectivity index (χ1v) is 16.4. The third-order valence-electron chi connectivity index (χ3n) is 9.86. The lowest BCUT2D eigenvalue weighted by molar-refractivity contribution is 0.483. The van der Waals surface area contributed by atoms with Crippen molar-refractivity contribution in [2.45, 2.75) is 0 Å². The molecule has 4 heterocycles. The quantitative estimate of drug-likeness (QED) is 0.195. The molecule has 228 valence electrons. The summed E-state index contributed by atoms with van der Waals surface area (Å²) in [5, 5.41) is 6.86. The summed E-state index contributed by atoms with van der Waals surface area (Å²) in [6, 6.07) is 48.4. The van der Waals surface area contributed by atoms with Gasteiger partial charge in [-0.3, -0.25) is 9.55 Å². The molecule has 49 heavy (non-hydrogen) atoms. The first-order valence-electron chi connectivity index (χ1n) is 16.4. The molecule has 0 saturated carbocycles. The van der Waals surface area contributed by atoms with Gasteiger partial charge in [-0.2, -0.15) is 0 Å². The number of benzene rings is 6. The number of nitrogens with zero attached hydrogens (tertiary/aromatic N) is 3. The molecule has 0 saturated heterocycles. The predicted octanol–water partition coefficient (Wildman–Crippen LogP) is 11.7. The molecule has 0 unspecified atom stereocenters. The normalized spacial score (nSPS) is 12.1. The van der Waals surface area contributed by atoms with E-state index in [1.165, 1.54) is 21.9 Å². The van der Waals surface area contributed by atoms with E-state index in [2.05, 4.69) is 102 Å². The van der Waals surface area contributed by atoms with Gasteiger partial charge in [0.15, 0.2) is 0 Å². The van der Waals surface area contributed by atoms with Gasteiger partial charge in [0.2, 0.25) is 0 Å². The molecule has 0 spiro atoms. The molecule has 10 aromatic rings. The molecule has 0 N–H and O–H groups in total. The number of furan rings is 1. The Balaban J connectivity index is 1.11. The third kappa shape index (κ3) is 3.81. The van der Waals surface area contributed by atoms with Crippen LogP contribution in [0, 0.1) is 0 Å². The molecular formula is C44H25N3O2. The Morgan fingerprint density at radius 2 is 1.39 bits per heavy atom. The third-order valence-corrected chi connectivity index (χ3v) is 9.86. The topological polar surface area (TPSA) is 53.1 Å². The Bertz CT molecular complexity index is 2960. The van der Waals surface area contributed by atoms with E-state index in [0.29, 0.717) is 5.75 Å². The van der Waals surface area contributed by atoms with E-state index in [1.807, 2.05) is 54.9 Å². The van der Waals surface area contributed by atoms with Crippen molar-refractivity contribution in [2.24, 2.45) is 0 Å². The highest BCUT2D eigenvalue weighted by Gasteiger charge is 2.25. The molecule has 0 aliphatic heterocycles. The molecule has 4 aromatic heterocycles. The molecule has 6 aromatic carbocycles. The van der Waals surface area contributed by atoms with Gasteiger partial charge in [-0.15, -0.1) is 0 Å². The van der Waals surface area contributed by atoms with Gasteiger partial charge in [0.25, 0.3) is 0 Å².